The third-order valence-corrected chi connectivity index (χ3v) is 6.44. The summed E-state index contributed by atoms with van der Waals surface area (Å²) in [5.41, 5.74) is 1.40. The SMILES string of the molecule is C[P+]1(Cc2ccccc2)CCC(=O)C1. The van der Waals surface area contributed by atoms with Gasteiger partial charge in [-0.05, 0) is 5.56 Å². The normalized spacial score (nSPS) is 26.8. The Morgan fingerprint density at radius 1 is 1.29 bits per heavy atom. The van der Waals surface area contributed by atoms with Crippen molar-refractivity contribution in [1.29, 1.82) is 0 Å². The summed E-state index contributed by atoms with van der Waals surface area (Å²) in [6, 6.07) is 10.6. The minimum atomic E-state index is -0.948. The molecule has 74 valence electrons. The molecule has 0 aromatic heterocycles. The number of hydrogen-bond donors (Lipinski definition) is 0. The van der Waals surface area contributed by atoms with Gasteiger partial charge in [0.2, 0.25) is 0 Å². The van der Waals surface area contributed by atoms with Gasteiger partial charge in [-0.1, -0.05) is 30.3 Å². The molecule has 1 atom stereocenters. The van der Waals surface area contributed by atoms with Gasteiger partial charge in [0.1, 0.15) is 6.16 Å². The van der Waals surface area contributed by atoms with Gasteiger partial charge in [-0.15, -0.1) is 0 Å². The Kier molecular flexibility index (Phi) is 2.69. The first-order valence-electron chi connectivity index (χ1n) is 5.07. The third kappa shape index (κ3) is 2.22. The fraction of sp³-hybridized carbons (Fsp3) is 0.417. The molecule has 0 aliphatic carbocycles. The molecule has 0 saturated carbocycles. The van der Waals surface area contributed by atoms with Crippen molar-refractivity contribution >= 4 is 13.0 Å². The second kappa shape index (κ2) is 3.82. The topological polar surface area (TPSA) is 17.1 Å². The van der Waals surface area contributed by atoms with Crippen LogP contribution in [0, 0.1) is 0 Å². The van der Waals surface area contributed by atoms with E-state index in [-0.39, 0.29) is 0 Å². The highest BCUT2D eigenvalue weighted by Crippen LogP contribution is 2.61. The molecule has 1 saturated heterocycles. The molecule has 0 N–H and O–H groups in total. The van der Waals surface area contributed by atoms with Crippen molar-refractivity contribution in [3.8, 4) is 0 Å². The average molecular weight is 207 g/mol. The molecule has 0 radical (unpaired) electrons. The second-order valence-corrected chi connectivity index (χ2v) is 8.75. The summed E-state index contributed by atoms with van der Waals surface area (Å²) in [7, 11) is -0.948. The van der Waals surface area contributed by atoms with Gasteiger partial charge in [0.25, 0.3) is 0 Å². The molecular formula is C12H16OP+. The monoisotopic (exact) mass is 207 g/mol. The standard InChI is InChI=1S/C12H16OP/c1-14(8-7-12(13)10-14)9-11-5-3-2-4-6-11/h2-6H,7-10H2,1H3/q+1. The number of ketones is 1. The lowest BCUT2D eigenvalue weighted by Gasteiger charge is -2.15. The van der Waals surface area contributed by atoms with Gasteiger partial charge in [0.15, 0.2) is 5.78 Å². The molecule has 1 aromatic rings. The first-order chi connectivity index (χ1) is 6.68. The highest BCUT2D eigenvalue weighted by atomic mass is 31.2. The predicted octanol–water partition coefficient (Wildman–Crippen LogP) is 2.81. The first-order valence-corrected chi connectivity index (χ1v) is 7.86. The zero-order valence-corrected chi connectivity index (χ0v) is 9.47. The minimum absolute atomic E-state index is 0.483. The van der Waals surface area contributed by atoms with E-state index >= 15 is 0 Å². The van der Waals surface area contributed by atoms with E-state index in [1.807, 2.05) is 6.07 Å². The zero-order chi connectivity index (χ0) is 10.0. The van der Waals surface area contributed by atoms with E-state index in [1.165, 1.54) is 11.7 Å². The van der Waals surface area contributed by atoms with Crippen LogP contribution in [0.3, 0.4) is 0 Å². The molecule has 0 bridgehead atoms. The number of carbonyl (C=O) groups excluding carboxylic acids is 1. The van der Waals surface area contributed by atoms with Crippen LogP contribution in [0.25, 0.3) is 0 Å². The fourth-order valence-corrected chi connectivity index (χ4v) is 5.46. The van der Waals surface area contributed by atoms with Crippen LogP contribution in [0.1, 0.15) is 12.0 Å². The molecule has 1 nitrogen and oxygen atoms in total. The molecule has 1 heterocycles. The molecule has 2 rings (SSSR count). The van der Waals surface area contributed by atoms with Gasteiger partial charge in [0.05, 0.1) is 12.3 Å². The van der Waals surface area contributed by atoms with Crippen LogP contribution in [0.2, 0.25) is 0 Å². The Hall–Kier alpha value is -0.680. The first kappa shape index (κ1) is 9.86. The second-order valence-electron chi connectivity index (χ2n) is 4.43. The van der Waals surface area contributed by atoms with Crippen molar-refractivity contribution < 1.29 is 4.79 Å². The van der Waals surface area contributed by atoms with E-state index in [1.54, 1.807) is 0 Å². The van der Waals surface area contributed by atoms with Crippen molar-refractivity contribution in [1.82, 2.24) is 0 Å². The molecule has 14 heavy (non-hydrogen) atoms. The smallest absolute Gasteiger partial charge is 0.173 e. The van der Waals surface area contributed by atoms with E-state index in [0.29, 0.717) is 5.78 Å². The Balaban J connectivity index is 2.08. The number of hydrogen-bond acceptors (Lipinski definition) is 1. The Morgan fingerprint density at radius 2 is 2.00 bits per heavy atom. The summed E-state index contributed by atoms with van der Waals surface area (Å²) < 4.78 is 0. The number of benzene rings is 1. The Labute approximate surface area is 85.9 Å². The van der Waals surface area contributed by atoms with Crippen molar-refractivity contribution in [3.05, 3.63) is 35.9 Å². The molecule has 0 spiro atoms. The molecule has 0 amide bonds. The summed E-state index contributed by atoms with van der Waals surface area (Å²) in [5.74, 6) is 0.483. The van der Waals surface area contributed by atoms with E-state index in [0.717, 1.165) is 18.7 Å². The maximum Gasteiger partial charge on any atom is 0.173 e. The van der Waals surface area contributed by atoms with Crippen LogP contribution in [0.15, 0.2) is 30.3 Å². The van der Waals surface area contributed by atoms with Crippen molar-refractivity contribution in [2.24, 2.45) is 0 Å². The van der Waals surface area contributed by atoms with E-state index < -0.39 is 7.26 Å². The summed E-state index contributed by atoms with van der Waals surface area (Å²) in [6.45, 7) is 2.34. The zero-order valence-electron chi connectivity index (χ0n) is 8.57. The van der Waals surface area contributed by atoms with Gasteiger partial charge in [-0.2, -0.15) is 0 Å². The maximum atomic E-state index is 11.3. The fourth-order valence-electron chi connectivity index (χ4n) is 2.14. The van der Waals surface area contributed by atoms with Crippen LogP contribution in [0.4, 0.5) is 0 Å². The quantitative estimate of drug-likeness (QED) is 0.681. The van der Waals surface area contributed by atoms with Gasteiger partial charge in [0, 0.05) is 20.3 Å². The number of Topliss-reactive ketones (excluding diaryl/α,β-unsaturated/α-hetero) is 1. The summed E-state index contributed by atoms with van der Waals surface area (Å²) in [4.78, 5) is 11.3. The Bertz CT molecular complexity index is 333. The third-order valence-electron chi connectivity index (χ3n) is 2.90. The Morgan fingerprint density at radius 3 is 2.57 bits per heavy atom. The number of rotatable bonds is 2. The number of carbonyl (C=O) groups is 1. The van der Waals surface area contributed by atoms with Crippen LogP contribution >= 0.6 is 7.26 Å². The lowest BCUT2D eigenvalue weighted by molar-refractivity contribution is -0.115. The lowest BCUT2D eigenvalue weighted by atomic mass is 10.2. The molecule has 2 heteroatoms. The molecule has 1 aliphatic rings. The summed E-state index contributed by atoms with van der Waals surface area (Å²) in [5, 5.41) is 0. The van der Waals surface area contributed by atoms with Gasteiger partial charge in [-0.3, -0.25) is 4.79 Å². The molecule has 1 aromatic carbocycles. The van der Waals surface area contributed by atoms with E-state index in [4.69, 9.17) is 0 Å². The lowest BCUT2D eigenvalue weighted by Crippen LogP contribution is -2.00. The van der Waals surface area contributed by atoms with Gasteiger partial charge < -0.3 is 0 Å². The van der Waals surface area contributed by atoms with Crippen LogP contribution in [0.5, 0.6) is 0 Å². The van der Waals surface area contributed by atoms with Gasteiger partial charge in [-0.25, -0.2) is 0 Å². The van der Waals surface area contributed by atoms with E-state index in [9.17, 15) is 4.79 Å². The average Bonchev–Trinajstić information content (AvgIpc) is 2.47. The summed E-state index contributed by atoms with van der Waals surface area (Å²) >= 11 is 0. The molecule has 1 fully saturated rings. The largest absolute Gasteiger partial charge is 0.295 e. The van der Waals surface area contributed by atoms with E-state index in [2.05, 4.69) is 30.9 Å². The maximum absolute atomic E-state index is 11.3. The van der Waals surface area contributed by atoms with Crippen molar-refractivity contribution in [2.45, 2.75) is 12.6 Å². The highest BCUT2D eigenvalue weighted by molar-refractivity contribution is 7.75. The minimum Gasteiger partial charge on any atom is -0.295 e. The highest BCUT2D eigenvalue weighted by Gasteiger charge is 2.40. The molecule has 1 aliphatic heterocycles. The predicted molar refractivity (Wildman–Crippen MR) is 62.3 cm³/mol. The molecule has 1 unspecified atom stereocenters. The van der Waals surface area contributed by atoms with Crippen molar-refractivity contribution in [2.75, 3.05) is 19.0 Å². The van der Waals surface area contributed by atoms with Crippen LogP contribution < -0.4 is 0 Å². The van der Waals surface area contributed by atoms with Crippen LogP contribution in [-0.4, -0.2) is 24.8 Å². The van der Waals surface area contributed by atoms with Gasteiger partial charge >= 0.3 is 0 Å². The van der Waals surface area contributed by atoms with Crippen molar-refractivity contribution in [3.63, 3.8) is 0 Å². The van der Waals surface area contributed by atoms with Crippen LogP contribution in [-0.2, 0) is 11.0 Å². The summed E-state index contributed by atoms with van der Waals surface area (Å²) in [6.07, 6.45) is 4.03. The molecular weight excluding hydrogens is 191 g/mol.